The molecule has 26 heavy (non-hydrogen) atoms. The number of carbonyl (C=O) groups excluding carboxylic acids is 2. The Morgan fingerprint density at radius 2 is 2.04 bits per heavy atom. The summed E-state index contributed by atoms with van der Waals surface area (Å²) in [4.78, 5) is 27.1. The van der Waals surface area contributed by atoms with Gasteiger partial charge in [0.15, 0.2) is 0 Å². The van der Waals surface area contributed by atoms with E-state index >= 15 is 0 Å². The van der Waals surface area contributed by atoms with Crippen LogP contribution < -0.4 is 15.0 Å². The van der Waals surface area contributed by atoms with Crippen molar-refractivity contribution in [3.8, 4) is 5.75 Å². The number of rotatable bonds is 1. The van der Waals surface area contributed by atoms with Gasteiger partial charge in [-0.2, -0.15) is 0 Å². The zero-order valence-electron chi connectivity index (χ0n) is 14.6. The Hall–Kier alpha value is -2.89. The number of anilines is 2. The highest BCUT2D eigenvalue weighted by Gasteiger charge is 2.40. The monoisotopic (exact) mass is 354 g/mol. The number of hydrogen-bond acceptors (Lipinski definition) is 3. The summed E-state index contributed by atoms with van der Waals surface area (Å²) < 4.78 is 19.5. The van der Waals surface area contributed by atoms with Crippen molar-refractivity contribution < 1.29 is 18.7 Å². The van der Waals surface area contributed by atoms with Crippen molar-refractivity contribution in [1.82, 2.24) is 0 Å². The molecule has 0 radical (unpaired) electrons. The van der Waals surface area contributed by atoms with Crippen LogP contribution in [0.1, 0.15) is 31.7 Å². The average Bonchev–Trinajstić information content (AvgIpc) is 2.58. The summed E-state index contributed by atoms with van der Waals surface area (Å²) in [6.07, 6.45) is 0.0391. The highest BCUT2D eigenvalue weighted by molar-refractivity contribution is 6.06. The maximum absolute atomic E-state index is 13.5. The maximum Gasteiger partial charge on any atom is 0.235 e. The van der Waals surface area contributed by atoms with E-state index in [0.717, 1.165) is 0 Å². The second-order valence-electron chi connectivity index (χ2n) is 7.29. The minimum Gasteiger partial charge on any atom is -0.484 e. The van der Waals surface area contributed by atoms with Crippen molar-refractivity contribution in [2.24, 2.45) is 0 Å². The van der Waals surface area contributed by atoms with Crippen molar-refractivity contribution >= 4 is 23.2 Å². The molecule has 134 valence electrons. The predicted molar refractivity (Wildman–Crippen MR) is 95.9 cm³/mol. The van der Waals surface area contributed by atoms with Crippen molar-refractivity contribution in [2.75, 3.05) is 16.8 Å². The third kappa shape index (κ3) is 2.81. The Labute approximate surface area is 150 Å². The van der Waals surface area contributed by atoms with Gasteiger partial charge in [0.25, 0.3) is 0 Å². The van der Waals surface area contributed by atoms with Crippen molar-refractivity contribution in [2.45, 2.75) is 31.8 Å². The van der Waals surface area contributed by atoms with Crippen molar-refractivity contribution in [1.29, 1.82) is 0 Å². The third-order valence-electron chi connectivity index (χ3n) is 4.70. The summed E-state index contributed by atoms with van der Waals surface area (Å²) in [6, 6.07) is 11.5. The molecule has 0 saturated carbocycles. The first-order chi connectivity index (χ1) is 12.3. The Kier molecular flexibility index (Phi) is 3.72. The molecule has 0 spiro atoms. The summed E-state index contributed by atoms with van der Waals surface area (Å²) in [5.74, 6) is -0.938. The predicted octanol–water partition coefficient (Wildman–Crippen LogP) is 3.46. The van der Waals surface area contributed by atoms with E-state index in [1.807, 2.05) is 38.1 Å². The third-order valence-corrected chi connectivity index (χ3v) is 4.70. The molecular formula is C20H19FN2O3. The van der Waals surface area contributed by atoms with Gasteiger partial charge < -0.3 is 15.0 Å². The Balaban J connectivity index is 1.76. The number of amides is 2. The van der Waals surface area contributed by atoms with E-state index in [4.69, 9.17) is 4.74 Å². The fourth-order valence-electron chi connectivity index (χ4n) is 3.60. The lowest BCUT2D eigenvalue weighted by Crippen LogP contribution is -2.51. The second kappa shape index (κ2) is 5.83. The highest BCUT2D eigenvalue weighted by atomic mass is 19.1. The molecule has 2 aliphatic rings. The van der Waals surface area contributed by atoms with Crippen molar-refractivity contribution in [3.05, 3.63) is 53.8 Å². The number of hydrogen-bond donors (Lipinski definition) is 1. The van der Waals surface area contributed by atoms with Crippen LogP contribution in [0.2, 0.25) is 0 Å². The SMILES string of the molecule is CC1(C)CN(C(=O)C2CC(=O)Nc3cc(F)ccc32)c2ccccc2O1. The number of carbonyl (C=O) groups is 2. The van der Waals surface area contributed by atoms with Gasteiger partial charge >= 0.3 is 0 Å². The van der Waals surface area contributed by atoms with Crippen LogP contribution >= 0.6 is 0 Å². The summed E-state index contributed by atoms with van der Waals surface area (Å²) >= 11 is 0. The molecule has 0 bridgehead atoms. The molecule has 2 heterocycles. The number of halogens is 1. The van der Waals surface area contributed by atoms with Gasteiger partial charge in [0.1, 0.15) is 17.2 Å². The molecule has 0 saturated heterocycles. The molecule has 2 aromatic rings. The number of ether oxygens (including phenoxy) is 1. The molecule has 2 aromatic carbocycles. The van der Waals surface area contributed by atoms with E-state index in [0.29, 0.717) is 29.2 Å². The smallest absolute Gasteiger partial charge is 0.235 e. The molecule has 6 heteroatoms. The zero-order chi connectivity index (χ0) is 18.5. The van der Waals surface area contributed by atoms with Crippen LogP contribution in [0.25, 0.3) is 0 Å². The lowest BCUT2D eigenvalue weighted by Gasteiger charge is -2.41. The average molecular weight is 354 g/mol. The van der Waals surface area contributed by atoms with Gasteiger partial charge in [-0.15, -0.1) is 0 Å². The Bertz CT molecular complexity index is 910. The van der Waals surface area contributed by atoms with Gasteiger partial charge in [0.2, 0.25) is 11.8 Å². The summed E-state index contributed by atoms with van der Waals surface area (Å²) in [5.41, 5.74) is 1.14. The van der Waals surface area contributed by atoms with Crippen LogP contribution in [-0.2, 0) is 9.59 Å². The quantitative estimate of drug-likeness (QED) is 0.853. The van der Waals surface area contributed by atoms with Crippen LogP contribution in [0, 0.1) is 5.82 Å². The number of nitrogens with one attached hydrogen (secondary N) is 1. The summed E-state index contributed by atoms with van der Waals surface area (Å²) in [5, 5.41) is 2.65. The van der Waals surface area contributed by atoms with E-state index in [1.54, 1.807) is 11.0 Å². The van der Waals surface area contributed by atoms with Crippen LogP contribution in [-0.4, -0.2) is 24.0 Å². The molecule has 2 amide bonds. The van der Waals surface area contributed by atoms with Gasteiger partial charge in [-0.05, 0) is 43.7 Å². The van der Waals surface area contributed by atoms with Crippen LogP contribution in [0.15, 0.2) is 42.5 Å². The molecule has 4 rings (SSSR count). The van der Waals surface area contributed by atoms with Crippen LogP contribution in [0.3, 0.4) is 0 Å². The van der Waals surface area contributed by atoms with Crippen LogP contribution in [0.4, 0.5) is 15.8 Å². The largest absolute Gasteiger partial charge is 0.484 e. The molecule has 5 nitrogen and oxygen atoms in total. The molecule has 0 fully saturated rings. The molecular weight excluding hydrogens is 335 g/mol. The topological polar surface area (TPSA) is 58.6 Å². The molecule has 1 atom stereocenters. The first kappa shape index (κ1) is 16.6. The number of fused-ring (bicyclic) bond motifs is 2. The maximum atomic E-state index is 13.5. The number of nitrogens with zero attached hydrogens (tertiary/aromatic N) is 1. The summed E-state index contributed by atoms with van der Waals surface area (Å²) in [7, 11) is 0. The van der Waals surface area contributed by atoms with Gasteiger partial charge in [-0.3, -0.25) is 9.59 Å². The van der Waals surface area contributed by atoms with E-state index < -0.39 is 17.3 Å². The van der Waals surface area contributed by atoms with Crippen molar-refractivity contribution in [3.63, 3.8) is 0 Å². The fourth-order valence-corrected chi connectivity index (χ4v) is 3.60. The zero-order valence-corrected chi connectivity index (χ0v) is 14.6. The van der Waals surface area contributed by atoms with E-state index in [2.05, 4.69) is 5.32 Å². The summed E-state index contributed by atoms with van der Waals surface area (Å²) in [6.45, 7) is 4.21. The number of para-hydroxylation sites is 2. The lowest BCUT2D eigenvalue weighted by atomic mass is 9.88. The minimum absolute atomic E-state index is 0.0391. The van der Waals surface area contributed by atoms with Gasteiger partial charge in [-0.25, -0.2) is 4.39 Å². The van der Waals surface area contributed by atoms with Gasteiger partial charge in [-0.1, -0.05) is 18.2 Å². The Morgan fingerprint density at radius 1 is 1.27 bits per heavy atom. The van der Waals surface area contributed by atoms with E-state index in [-0.39, 0.29) is 18.2 Å². The normalized spacial score (nSPS) is 20.5. The number of benzene rings is 2. The first-order valence-corrected chi connectivity index (χ1v) is 8.53. The van der Waals surface area contributed by atoms with Gasteiger partial charge in [0, 0.05) is 12.1 Å². The van der Waals surface area contributed by atoms with Gasteiger partial charge in [0.05, 0.1) is 18.2 Å². The Morgan fingerprint density at radius 3 is 2.85 bits per heavy atom. The molecule has 1 unspecified atom stereocenters. The molecule has 1 N–H and O–H groups in total. The highest BCUT2D eigenvalue weighted by Crippen LogP contribution is 2.40. The van der Waals surface area contributed by atoms with E-state index in [9.17, 15) is 14.0 Å². The fraction of sp³-hybridized carbons (Fsp3) is 0.300. The second-order valence-corrected chi connectivity index (χ2v) is 7.29. The molecule has 0 aromatic heterocycles. The minimum atomic E-state index is -0.652. The van der Waals surface area contributed by atoms with Crippen LogP contribution in [0.5, 0.6) is 5.75 Å². The first-order valence-electron chi connectivity index (χ1n) is 8.53. The molecule has 2 aliphatic heterocycles. The standard InChI is InChI=1S/C20H19FN2O3/c1-20(2)11-23(16-5-3-4-6-17(16)26-20)19(25)14-10-18(24)22-15-9-12(21)7-8-13(14)15/h3-9,14H,10-11H2,1-2H3,(H,22,24). The molecule has 0 aliphatic carbocycles. The lowest BCUT2D eigenvalue weighted by molar-refractivity contribution is -0.125. The van der Waals surface area contributed by atoms with E-state index in [1.165, 1.54) is 12.1 Å².